The number of nitrogens with zero attached hydrogens (tertiary/aromatic N) is 2. The van der Waals surface area contributed by atoms with Crippen LogP contribution < -0.4 is 5.32 Å². The number of amides is 2. The highest BCUT2D eigenvalue weighted by Crippen LogP contribution is 2.23. The van der Waals surface area contributed by atoms with Gasteiger partial charge in [-0.2, -0.15) is 5.26 Å². The molecule has 0 unspecified atom stereocenters. The molecule has 6 nitrogen and oxygen atoms in total. The maximum absolute atomic E-state index is 12.6. The smallest absolute Gasteiger partial charge is 0.405 e. The van der Waals surface area contributed by atoms with Gasteiger partial charge in [0.15, 0.2) is 0 Å². The molecule has 2 atom stereocenters. The van der Waals surface area contributed by atoms with Crippen LogP contribution >= 0.6 is 0 Å². The Hall–Kier alpha value is -2.03. The van der Waals surface area contributed by atoms with E-state index in [4.69, 9.17) is 10.4 Å². The molecule has 6 heteroatoms. The van der Waals surface area contributed by atoms with Gasteiger partial charge in [-0.25, -0.2) is 4.79 Å². The van der Waals surface area contributed by atoms with Crippen molar-refractivity contribution in [3.8, 4) is 6.07 Å². The van der Waals surface area contributed by atoms with Crippen molar-refractivity contribution in [3.63, 3.8) is 0 Å². The van der Waals surface area contributed by atoms with Gasteiger partial charge < -0.3 is 15.3 Å². The molecule has 0 saturated carbocycles. The third kappa shape index (κ3) is 5.86. The second kappa shape index (κ2) is 7.67. The monoisotopic (exact) mass is 295 g/mol. The highest BCUT2D eigenvalue weighted by molar-refractivity contribution is 5.86. The highest BCUT2D eigenvalue weighted by Gasteiger charge is 2.36. The Balaban J connectivity index is 5.36. The molecule has 21 heavy (non-hydrogen) atoms. The van der Waals surface area contributed by atoms with Crippen molar-refractivity contribution < 1.29 is 14.7 Å². The molecule has 118 valence electrons. The van der Waals surface area contributed by atoms with Crippen LogP contribution in [0.1, 0.15) is 34.6 Å². The zero-order chi connectivity index (χ0) is 16.8. The normalized spacial score (nSPS) is 14.6. The molecular weight excluding hydrogens is 270 g/mol. The van der Waals surface area contributed by atoms with Crippen molar-refractivity contribution >= 4 is 12.0 Å². The number of allylic oxidation sites excluding steroid dienone is 1. The molecule has 0 aromatic heterocycles. The molecule has 0 aromatic rings. The molecule has 0 radical (unpaired) electrons. The van der Waals surface area contributed by atoms with Crippen LogP contribution in [0.5, 0.6) is 0 Å². The van der Waals surface area contributed by atoms with Gasteiger partial charge in [0.25, 0.3) is 0 Å². The Bertz CT molecular complexity index is 444. The Morgan fingerprint density at radius 1 is 1.33 bits per heavy atom. The minimum absolute atomic E-state index is 0.106. The van der Waals surface area contributed by atoms with Gasteiger partial charge in [-0.05, 0) is 11.3 Å². The van der Waals surface area contributed by atoms with Crippen LogP contribution in [0, 0.1) is 22.7 Å². The van der Waals surface area contributed by atoms with E-state index in [1.165, 1.54) is 11.0 Å². The second-order valence-electron chi connectivity index (χ2n) is 6.42. The molecule has 0 spiro atoms. The van der Waals surface area contributed by atoms with Gasteiger partial charge in [-0.15, -0.1) is 0 Å². The lowest BCUT2D eigenvalue weighted by atomic mass is 9.85. The first-order valence-corrected chi connectivity index (χ1v) is 6.84. The van der Waals surface area contributed by atoms with Crippen molar-refractivity contribution in [1.82, 2.24) is 10.2 Å². The summed E-state index contributed by atoms with van der Waals surface area (Å²) in [5.74, 6) is -0.208. The van der Waals surface area contributed by atoms with Gasteiger partial charge in [0.2, 0.25) is 5.91 Å². The Kier molecular flexibility index (Phi) is 6.93. The van der Waals surface area contributed by atoms with Crippen LogP contribution in [-0.2, 0) is 4.79 Å². The summed E-state index contributed by atoms with van der Waals surface area (Å²) in [5, 5.41) is 19.9. The molecule has 0 aliphatic carbocycles. The van der Waals surface area contributed by atoms with Gasteiger partial charge in [0.1, 0.15) is 6.04 Å². The number of carbonyl (C=O) groups excluding carboxylic acids is 1. The number of rotatable bonds is 5. The number of nitriles is 1. The zero-order valence-corrected chi connectivity index (χ0v) is 13.5. The fourth-order valence-electron chi connectivity index (χ4n) is 2.06. The number of carboxylic acid groups (broad SMARTS) is 1. The number of carbonyl (C=O) groups is 2. The SMILES string of the molecule is CC(C)[C@@H](C=CC#N)N(C)C(=O)[C@@H](NC(=O)O)C(C)(C)C. The molecule has 0 saturated heterocycles. The van der Waals surface area contributed by atoms with E-state index in [0.717, 1.165) is 0 Å². The number of hydrogen-bond acceptors (Lipinski definition) is 3. The van der Waals surface area contributed by atoms with E-state index >= 15 is 0 Å². The van der Waals surface area contributed by atoms with E-state index in [2.05, 4.69) is 5.32 Å². The molecule has 0 fully saturated rings. The van der Waals surface area contributed by atoms with Crippen molar-refractivity contribution in [2.75, 3.05) is 7.05 Å². The standard InChI is InChI=1S/C15H25N3O3/c1-10(2)11(8-7-9-16)18(6)13(19)12(15(3,4)5)17-14(20)21/h7-8,10-12,17H,1-6H3,(H,20,21)/t11-,12-/m1/s1. The third-order valence-electron chi connectivity index (χ3n) is 3.23. The van der Waals surface area contributed by atoms with Gasteiger partial charge in [0.05, 0.1) is 12.1 Å². The maximum Gasteiger partial charge on any atom is 0.405 e. The molecule has 0 heterocycles. The van der Waals surface area contributed by atoms with Crippen LogP contribution in [0.3, 0.4) is 0 Å². The second-order valence-corrected chi connectivity index (χ2v) is 6.42. The number of hydrogen-bond donors (Lipinski definition) is 2. The number of nitrogens with one attached hydrogen (secondary N) is 1. The largest absolute Gasteiger partial charge is 0.465 e. The summed E-state index contributed by atoms with van der Waals surface area (Å²) >= 11 is 0. The summed E-state index contributed by atoms with van der Waals surface area (Å²) in [5.41, 5.74) is -0.551. The highest BCUT2D eigenvalue weighted by atomic mass is 16.4. The molecule has 0 bridgehead atoms. The minimum atomic E-state index is -1.23. The molecule has 0 aliphatic heterocycles. The van der Waals surface area contributed by atoms with E-state index in [9.17, 15) is 9.59 Å². The van der Waals surface area contributed by atoms with E-state index in [0.29, 0.717) is 0 Å². The predicted molar refractivity (Wildman–Crippen MR) is 80.6 cm³/mol. The summed E-state index contributed by atoms with van der Waals surface area (Å²) in [6, 6.07) is 0.794. The lowest BCUT2D eigenvalue weighted by Crippen LogP contribution is -2.56. The quantitative estimate of drug-likeness (QED) is 0.760. The first-order chi connectivity index (χ1) is 9.52. The summed E-state index contributed by atoms with van der Waals surface area (Å²) in [7, 11) is 1.62. The van der Waals surface area contributed by atoms with Gasteiger partial charge in [0, 0.05) is 13.1 Å². The summed E-state index contributed by atoms with van der Waals surface area (Å²) in [4.78, 5) is 25.0. The fraction of sp³-hybridized carbons (Fsp3) is 0.667. The third-order valence-corrected chi connectivity index (χ3v) is 3.23. The van der Waals surface area contributed by atoms with Crippen molar-refractivity contribution in [1.29, 1.82) is 5.26 Å². The van der Waals surface area contributed by atoms with E-state index in [-0.39, 0.29) is 17.9 Å². The average Bonchev–Trinajstić information content (AvgIpc) is 2.33. The number of likely N-dealkylation sites (N-methyl/N-ethyl adjacent to an activating group) is 1. The van der Waals surface area contributed by atoms with Gasteiger partial charge in [-0.1, -0.05) is 40.7 Å². The van der Waals surface area contributed by atoms with Crippen LogP contribution in [-0.4, -0.2) is 41.1 Å². The molecule has 2 amide bonds. The van der Waals surface area contributed by atoms with Crippen molar-refractivity contribution in [3.05, 3.63) is 12.2 Å². The molecule has 0 rings (SSSR count). The summed E-state index contributed by atoms with van der Waals surface area (Å²) < 4.78 is 0. The van der Waals surface area contributed by atoms with E-state index in [1.54, 1.807) is 33.9 Å². The predicted octanol–water partition coefficient (Wildman–Crippen LogP) is 2.23. The van der Waals surface area contributed by atoms with Crippen molar-refractivity contribution in [2.45, 2.75) is 46.7 Å². The van der Waals surface area contributed by atoms with Crippen LogP contribution in [0.2, 0.25) is 0 Å². The molecule has 0 aromatic carbocycles. The van der Waals surface area contributed by atoms with Crippen LogP contribution in [0.25, 0.3) is 0 Å². The van der Waals surface area contributed by atoms with E-state index < -0.39 is 17.6 Å². The first kappa shape index (κ1) is 19.0. The minimum Gasteiger partial charge on any atom is -0.465 e. The Morgan fingerprint density at radius 2 is 1.86 bits per heavy atom. The molecule has 0 aliphatic rings. The van der Waals surface area contributed by atoms with E-state index in [1.807, 2.05) is 19.9 Å². The fourth-order valence-corrected chi connectivity index (χ4v) is 2.06. The Morgan fingerprint density at radius 3 is 2.19 bits per heavy atom. The topological polar surface area (TPSA) is 93.4 Å². The van der Waals surface area contributed by atoms with Crippen LogP contribution in [0.15, 0.2) is 12.2 Å². The zero-order valence-electron chi connectivity index (χ0n) is 13.5. The molecular formula is C15H25N3O3. The first-order valence-electron chi connectivity index (χ1n) is 6.84. The molecule has 2 N–H and O–H groups in total. The maximum atomic E-state index is 12.6. The van der Waals surface area contributed by atoms with Gasteiger partial charge in [-0.3, -0.25) is 4.79 Å². The lowest BCUT2D eigenvalue weighted by molar-refractivity contribution is -0.136. The van der Waals surface area contributed by atoms with Crippen molar-refractivity contribution in [2.24, 2.45) is 11.3 Å². The average molecular weight is 295 g/mol. The summed E-state index contributed by atoms with van der Waals surface area (Å²) in [6.07, 6.45) is 1.76. The lowest BCUT2D eigenvalue weighted by Gasteiger charge is -2.36. The summed E-state index contributed by atoms with van der Waals surface area (Å²) in [6.45, 7) is 9.28. The van der Waals surface area contributed by atoms with Gasteiger partial charge >= 0.3 is 6.09 Å². The Labute approximate surface area is 126 Å². The van der Waals surface area contributed by atoms with Crippen LogP contribution in [0.4, 0.5) is 4.79 Å².